The van der Waals surface area contributed by atoms with Crippen molar-refractivity contribution in [2.45, 2.75) is 52.5 Å². The standard InChI is InChI=1S/C14H23N3O2S/c1-5-6-15-13(19)10(4)16-12(18)7-11-8-20-14(17-11)9(2)3/h8-10H,5-7H2,1-4H3,(H,15,19)(H,16,18). The molecule has 1 aromatic rings. The largest absolute Gasteiger partial charge is 0.354 e. The second-order valence-electron chi connectivity index (χ2n) is 5.09. The van der Waals surface area contributed by atoms with Crippen molar-refractivity contribution >= 4 is 23.2 Å². The van der Waals surface area contributed by atoms with Crippen molar-refractivity contribution in [1.29, 1.82) is 0 Å². The molecule has 0 aliphatic rings. The fourth-order valence-electron chi connectivity index (χ4n) is 1.59. The van der Waals surface area contributed by atoms with Gasteiger partial charge in [0.05, 0.1) is 17.1 Å². The molecule has 0 aliphatic carbocycles. The van der Waals surface area contributed by atoms with Crippen molar-refractivity contribution in [3.63, 3.8) is 0 Å². The summed E-state index contributed by atoms with van der Waals surface area (Å²) in [5.41, 5.74) is 0.761. The monoisotopic (exact) mass is 297 g/mol. The molecule has 2 amide bonds. The van der Waals surface area contributed by atoms with E-state index in [4.69, 9.17) is 0 Å². The third-order valence-electron chi connectivity index (χ3n) is 2.73. The predicted molar refractivity (Wildman–Crippen MR) is 80.8 cm³/mol. The van der Waals surface area contributed by atoms with Crippen molar-refractivity contribution in [2.24, 2.45) is 0 Å². The Morgan fingerprint density at radius 2 is 2.05 bits per heavy atom. The summed E-state index contributed by atoms with van der Waals surface area (Å²) in [6, 6.07) is -0.516. The van der Waals surface area contributed by atoms with Crippen LogP contribution in [0.1, 0.15) is 50.7 Å². The van der Waals surface area contributed by atoms with Crippen LogP contribution in [0.4, 0.5) is 0 Å². The summed E-state index contributed by atoms with van der Waals surface area (Å²) < 4.78 is 0. The van der Waals surface area contributed by atoms with Gasteiger partial charge in [-0.1, -0.05) is 20.8 Å². The van der Waals surface area contributed by atoms with Crippen LogP contribution in [0.2, 0.25) is 0 Å². The van der Waals surface area contributed by atoms with Crippen LogP contribution < -0.4 is 10.6 Å². The van der Waals surface area contributed by atoms with Gasteiger partial charge in [-0.25, -0.2) is 4.98 Å². The lowest BCUT2D eigenvalue weighted by Gasteiger charge is -2.13. The summed E-state index contributed by atoms with van der Waals surface area (Å²) in [5, 5.41) is 8.37. The third-order valence-corrected chi connectivity index (χ3v) is 3.92. The average Bonchev–Trinajstić information content (AvgIpc) is 2.84. The van der Waals surface area contributed by atoms with Crippen molar-refractivity contribution < 1.29 is 9.59 Å². The Hall–Kier alpha value is -1.43. The maximum atomic E-state index is 11.9. The van der Waals surface area contributed by atoms with E-state index in [-0.39, 0.29) is 18.2 Å². The van der Waals surface area contributed by atoms with Crippen molar-refractivity contribution in [1.82, 2.24) is 15.6 Å². The third kappa shape index (κ3) is 5.28. The number of thiazole rings is 1. The molecule has 2 N–H and O–H groups in total. The van der Waals surface area contributed by atoms with Gasteiger partial charge in [0.15, 0.2) is 0 Å². The van der Waals surface area contributed by atoms with Crippen LogP contribution in [-0.4, -0.2) is 29.4 Å². The van der Waals surface area contributed by atoms with Gasteiger partial charge in [-0.2, -0.15) is 0 Å². The fourth-order valence-corrected chi connectivity index (χ4v) is 2.43. The first-order chi connectivity index (χ1) is 9.43. The van der Waals surface area contributed by atoms with Gasteiger partial charge in [-0.3, -0.25) is 9.59 Å². The lowest BCUT2D eigenvalue weighted by molar-refractivity contribution is -0.128. The highest BCUT2D eigenvalue weighted by Gasteiger charge is 2.16. The first kappa shape index (κ1) is 16.6. The van der Waals surface area contributed by atoms with Crippen LogP contribution in [-0.2, 0) is 16.0 Å². The van der Waals surface area contributed by atoms with Gasteiger partial charge < -0.3 is 10.6 Å². The van der Waals surface area contributed by atoms with Crippen LogP contribution in [0, 0.1) is 0 Å². The zero-order valence-corrected chi connectivity index (χ0v) is 13.3. The van der Waals surface area contributed by atoms with Gasteiger partial charge in [-0.05, 0) is 13.3 Å². The van der Waals surface area contributed by atoms with Gasteiger partial charge in [0.2, 0.25) is 11.8 Å². The number of nitrogens with zero attached hydrogens (tertiary/aromatic N) is 1. The van der Waals surface area contributed by atoms with Gasteiger partial charge in [0.25, 0.3) is 0 Å². The number of nitrogens with one attached hydrogen (secondary N) is 2. The fraction of sp³-hybridized carbons (Fsp3) is 0.643. The molecule has 1 heterocycles. The summed E-state index contributed by atoms with van der Waals surface area (Å²) in [6.45, 7) is 8.44. The van der Waals surface area contributed by atoms with E-state index in [2.05, 4.69) is 29.5 Å². The first-order valence-electron chi connectivity index (χ1n) is 6.95. The van der Waals surface area contributed by atoms with Crippen LogP contribution in [0.3, 0.4) is 0 Å². The minimum absolute atomic E-state index is 0.152. The lowest BCUT2D eigenvalue weighted by atomic mass is 10.2. The van der Waals surface area contributed by atoms with E-state index < -0.39 is 6.04 Å². The van der Waals surface area contributed by atoms with Crippen molar-refractivity contribution in [3.8, 4) is 0 Å². The van der Waals surface area contributed by atoms with Gasteiger partial charge in [0, 0.05) is 17.8 Å². The van der Waals surface area contributed by atoms with Crippen molar-refractivity contribution in [2.75, 3.05) is 6.54 Å². The second kappa shape index (κ2) is 7.99. The van der Waals surface area contributed by atoms with E-state index in [0.29, 0.717) is 12.5 Å². The molecule has 0 radical (unpaired) electrons. The van der Waals surface area contributed by atoms with Crippen LogP contribution >= 0.6 is 11.3 Å². The van der Waals surface area contributed by atoms with E-state index >= 15 is 0 Å². The Morgan fingerprint density at radius 3 is 2.60 bits per heavy atom. The predicted octanol–water partition coefficient (Wildman–Crippen LogP) is 1.84. The molecule has 6 heteroatoms. The summed E-state index contributed by atoms with van der Waals surface area (Å²) in [6.07, 6.45) is 1.10. The van der Waals surface area contributed by atoms with Crippen molar-refractivity contribution in [3.05, 3.63) is 16.1 Å². The molecule has 0 saturated carbocycles. The smallest absolute Gasteiger partial charge is 0.242 e. The Morgan fingerprint density at radius 1 is 1.35 bits per heavy atom. The number of rotatable bonds is 7. The van der Waals surface area contributed by atoms with Gasteiger partial charge in [-0.15, -0.1) is 11.3 Å². The van der Waals surface area contributed by atoms with Gasteiger partial charge >= 0.3 is 0 Å². The molecule has 0 aromatic carbocycles. The SMILES string of the molecule is CCCNC(=O)C(C)NC(=O)Cc1csc(C(C)C)n1. The Bertz CT molecular complexity index is 457. The number of hydrogen-bond donors (Lipinski definition) is 2. The molecule has 0 spiro atoms. The summed E-state index contributed by atoms with van der Waals surface area (Å²) in [4.78, 5) is 27.9. The van der Waals surface area contributed by atoms with E-state index in [1.165, 1.54) is 0 Å². The highest BCUT2D eigenvalue weighted by Crippen LogP contribution is 2.19. The Kier molecular flexibility index (Phi) is 6.64. The Balaban J connectivity index is 2.44. The molecule has 20 heavy (non-hydrogen) atoms. The number of carbonyl (C=O) groups excluding carboxylic acids is 2. The average molecular weight is 297 g/mol. The minimum Gasteiger partial charge on any atom is -0.354 e. The molecule has 0 saturated heterocycles. The molecule has 5 nitrogen and oxygen atoms in total. The number of aromatic nitrogens is 1. The summed E-state index contributed by atoms with van der Waals surface area (Å²) in [5.74, 6) is 0.0432. The maximum Gasteiger partial charge on any atom is 0.242 e. The van der Waals surface area contributed by atoms with E-state index in [0.717, 1.165) is 17.1 Å². The van der Waals surface area contributed by atoms with E-state index in [9.17, 15) is 9.59 Å². The van der Waals surface area contributed by atoms with E-state index in [1.807, 2.05) is 12.3 Å². The summed E-state index contributed by atoms with van der Waals surface area (Å²) >= 11 is 1.57. The molecule has 1 unspecified atom stereocenters. The van der Waals surface area contributed by atoms with Gasteiger partial charge in [0.1, 0.15) is 6.04 Å². The Labute approximate surface area is 124 Å². The zero-order chi connectivity index (χ0) is 15.1. The maximum absolute atomic E-state index is 11.9. The zero-order valence-electron chi connectivity index (χ0n) is 12.5. The second-order valence-corrected chi connectivity index (χ2v) is 5.98. The highest BCUT2D eigenvalue weighted by molar-refractivity contribution is 7.09. The number of amides is 2. The molecule has 112 valence electrons. The molecular formula is C14H23N3O2S. The molecule has 1 rings (SSSR count). The van der Waals surface area contributed by atoms with Crippen LogP contribution in [0.15, 0.2) is 5.38 Å². The molecule has 0 fully saturated rings. The summed E-state index contributed by atoms with van der Waals surface area (Å²) in [7, 11) is 0. The topological polar surface area (TPSA) is 71.1 Å². The molecule has 1 aromatic heterocycles. The highest BCUT2D eigenvalue weighted by atomic mass is 32.1. The molecule has 0 bridgehead atoms. The number of hydrogen-bond acceptors (Lipinski definition) is 4. The lowest BCUT2D eigenvalue weighted by Crippen LogP contribution is -2.45. The van der Waals surface area contributed by atoms with Crippen LogP contribution in [0.5, 0.6) is 0 Å². The molecule has 0 aliphatic heterocycles. The molecular weight excluding hydrogens is 274 g/mol. The minimum atomic E-state index is -0.516. The number of carbonyl (C=O) groups is 2. The van der Waals surface area contributed by atoms with Crippen LogP contribution in [0.25, 0.3) is 0 Å². The van der Waals surface area contributed by atoms with E-state index in [1.54, 1.807) is 18.3 Å². The molecule has 1 atom stereocenters. The first-order valence-corrected chi connectivity index (χ1v) is 7.83. The normalized spacial score (nSPS) is 12.2. The quantitative estimate of drug-likeness (QED) is 0.806.